The second-order valence-corrected chi connectivity index (χ2v) is 3.79. The summed E-state index contributed by atoms with van der Waals surface area (Å²) in [5.41, 5.74) is 3.74. The van der Waals surface area contributed by atoms with Gasteiger partial charge in [-0.3, -0.25) is 0 Å². The monoisotopic (exact) mass is 197 g/mol. The number of hydrogen-bond donors (Lipinski definition) is 1. The molecule has 0 radical (unpaired) electrons. The molecular weight excluding hydrogens is 182 g/mol. The van der Waals surface area contributed by atoms with E-state index in [-0.39, 0.29) is 5.50 Å². The molecule has 1 atom stereocenters. The van der Waals surface area contributed by atoms with Crippen LogP contribution in [0.5, 0.6) is 0 Å². The Morgan fingerprint density at radius 2 is 2.08 bits per heavy atom. The molecule has 1 aromatic carbocycles. The lowest BCUT2D eigenvalue weighted by atomic mass is 10.1. The number of halogens is 1. The number of benzene rings is 1. The van der Waals surface area contributed by atoms with Crippen LogP contribution in [0.1, 0.15) is 24.5 Å². The summed E-state index contributed by atoms with van der Waals surface area (Å²) in [5, 5.41) is 3.27. The number of alkyl halides is 1. The van der Waals surface area contributed by atoms with Gasteiger partial charge in [-0.15, -0.1) is 0 Å². The van der Waals surface area contributed by atoms with Gasteiger partial charge in [-0.2, -0.15) is 0 Å². The van der Waals surface area contributed by atoms with Crippen molar-refractivity contribution in [3.63, 3.8) is 0 Å². The molecule has 0 aliphatic rings. The molecule has 0 aromatic heterocycles. The van der Waals surface area contributed by atoms with Crippen LogP contribution in [0.3, 0.4) is 0 Å². The standard InChI is InChI=1S/C11H16ClN/c1-4-11(12)13-10-7-5-6-8(2)9(10)3/h5-7,11,13H,4H2,1-3H3. The average molecular weight is 198 g/mol. The van der Waals surface area contributed by atoms with Crippen LogP contribution in [0.4, 0.5) is 5.69 Å². The molecule has 1 N–H and O–H groups in total. The van der Waals surface area contributed by atoms with E-state index in [4.69, 9.17) is 11.6 Å². The molecule has 0 saturated heterocycles. The van der Waals surface area contributed by atoms with Crippen LogP contribution in [-0.2, 0) is 0 Å². The predicted octanol–water partition coefficient (Wildman–Crippen LogP) is 3.69. The van der Waals surface area contributed by atoms with E-state index in [1.54, 1.807) is 0 Å². The number of hydrogen-bond acceptors (Lipinski definition) is 1. The van der Waals surface area contributed by atoms with Crippen LogP contribution in [0.2, 0.25) is 0 Å². The van der Waals surface area contributed by atoms with Crippen molar-refractivity contribution in [3.05, 3.63) is 29.3 Å². The van der Waals surface area contributed by atoms with Gasteiger partial charge in [0.1, 0.15) is 5.50 Å². The van der Waals surface area contributed by atoms with Crippen LogP contribution in [0.25, 0.3) is 0 Å². The molecule has 1 nitrogen and oxygen atoms in total. The Morgan fingerprint density at radius 3 is 2.69 bits per heavy atom. The van der Waals surface area contributed by atoms with Gasteiger partial charge in [-0.25, -0.2) is 0 Å². The fourth-order valence-corrected chi connectivity index (χ4v) is 1.30. The van der Waals surface area contributed by atoms with Crippen molar-refractivity contribution < 1.29 is 0 Å². The van der Waals surface area contributed by atoms with Crippen molar-refractivity contribution in [2.75, 3.05) is 5.32 Å². The van der Waals surface area contributed by atoms with Crippen LogP contribution in [0, 0.1) is 13.8 Å². The quantitative estimate of drug-likeness (QED) is 0.576. The van der Waals surface area contributed by atoms with Crippen molar-refractivity contribution >= 4 is 17.3 Å². The topological polar surface area (TPSA) is 12.0 Å². The van der Waals surface area contributed by atoms with Gasteiger partial charge < -0.3 is 5.32 Å². The Hall–Kier alpha value is -0.690. The van der Waals surface area contributed by atoms with Gasteiger partial charge in [0.05, 0.1) is 0 Å². The number of nitrogens with one attached hydrogen (secondary N) is 1. The number of rotatable bonds is 3. The molecule has 0 heterocycles. The Labute approximate surface area is 85.1 Å². The lowest BCUT2D eigenvalue weighted by Crippen LogP contribution is -2.11. The molecule has 2 heteroatoms. The first-order valence-corrected chi connectivity index (χ1v) is 5.05. The maximum atomic E-state index is 6.01. The largest absolute Gasteiger partial charge is 0.369 e. The van der Waals surface area contributed by atoms with E-state index in [2.05, 4.69) is 38.2 Å². The molecule has 0 fully saturated rings. The van der Waals surface area contributed by atoms with Gasteiger partial charge in [-0.05, 0) is 37.5 Å². The molecule has 72 valence electrons. The Balaban J connectivity index is 2.83. The minimum Gasteiger partial charge on any atom is -0.369 e. The summed E-state index contributed by atoms with van der Waals surface area (Å²) in [6.07, 6.45) is 0.926. The maximum absolute atomic E-state index is 6.01. The highest BCUT2D eigenvalue weighted by Gasteiger charge is 2.04. The Morgan fingerprint density at radius 1 is 1.38 bits per heavy atom. The molecule has 1 rings (SSSR count). The van der Waals surface area contributed by atoms with Gasteiger partial charge >= 0.3 is 0 Å². The molecular formula is C11H16ClN. The van der Waals surface area contributed by atoms with Crippen molar-refractivity contribution in [1.82, 2.24) is 0 Å². The van der Waals surface area contributed by atoms with Gasteiger partial charge in [0.25, 0.3) is 0 Å². The van der Waals surface area contributed by atoms with E-state index in [1.807, 2.05) is 6.07 Å². The van der Waals surface area contributed by atoms with Crippen molar-refractivity contribution in [1.29, 1.82) is 0 Å². The zero-order chi connectivity index (χ0) is 9.84. The van der Waals surface area contributed by atoms with Crippen molar-refractivity contribution in [3.8, 4) is 0 Å². The predicted molar refractivity (Wildman–Crippen MR) is 59.5 cm³/mol. The third kappa shape index (κ3) is 2.63. The molecule has 13 heavy (non-hydrogen) atoms. The number of anilines is 1. The molecule has 0 saturated carbocycles. The minimum absolute atomic E-state index is 0.0282. The zero-order valence-electron chi connectivity index (χ0n) is 8.39. The molecule has 0 bridgehead atoms. The van der Waals surface area contributed by atoms with E-state index >= 15 is 0 Å². The summed E-state index contributed by atoms with van der Waals surface area (Å²) in [5.74, 6) is 0. The molecule has 1 aromatic rings. The highest BCUT2D eigenvalue weighted by molar-refractivity contribution is 6.21. The van der Waals surface area contributed by atoms with Gasteiger partial charge in [0.15, 0.2) is 0 Å². The van der Waals surface area contributed by atoms with Crippen molar-refractivity contribution in [2.45, 2.75) is 32.7 Å². The minimum atomic E-state index is 0.0282. The summed E-state index contributed by atoms with van der Waals surface area (Å²) in [4.78, 5) is 0. The SMILES string of the molecule is CCC(Cl)Nc1cccc(C)c1C. The van der Waals surface area contributed by atoms with E-state index < -0.39 is 0 Å². The highest BCUT2D eigenvalue weighted by Crippen LogP contribution is 2.20. The maximum Gasteiger partial charge on any atom is 0.101 e. The molecule has 0 aliphatic heterocycles. The van der Waals surface area contributed by atoms with Crippen LogP contribution < -0.4 is 5.32 Å². The van der Waals surface area contributed by atoms with Crippen LogP contribution in [0.15, 0.2) is 18.2 Å². The normalized spacial score (nSPS) is 12.6. The average Bonchev–Trinajstić information content (AvgIpc) is 2.13. The molecule has 1 unspecified atom stereocenters. The highest BCUT2D eigenvalue weighted by atomic mass is 35.5. The molecule has 0 spiro atoms. The first-order chi connectivity index (χ1) is 6.15. The summed E-state index contributed by atoms with van der Waals surface area (Å²) >= 11 is 6.01. The third-order valence-electron chi connectivity index (χ3n) is 2.28. The van der Waals surface area contributed by atoms with Gasteiger partial charge in [-0.1, -0.05) is 30.7 Å². The smallest absolute Gasteiger partial charge is 0.101 e. The number of aryl methyl sites for hydroxylation is 1. The van der Waals surface area contributed by atoms with E-state index in [9.17, 15) is 0 Å². The fraction of sp³-hybridized carbons (Fsp3) is 0.455. The lowest BCUT2D eigenvalue weighted by Gasteiger charge is -2.14. The summed E-state index contributed by atoms with van der Waals surface area (Å²) < 4.78 is 0. The molecule has 0 amide bonds. The van der Waals surface area contributed by atoms with Crippen LogP contribution >= 0.6 is 11.6 Å². The lowest BCUT2D eigenvalue weighted by molar-refractivity contribution is 0.906. The third-order valence-corrected chi connectivity index (χ3v) is 2.69. The fourth-order valence-electron chi connectivity index (χ4n) is 1.18. The second-order valence-electron chi connectivity index (χ2n) is 3.27. The first-order valence-electron chi connectivity index (χ1n) is 4.62. The zero-order valence-corrected chi connectivity index (χ0v) is 9.15. The first kappa shape index (κ1) is 10.4. The summed E-state index contributed by atoms with van der Waals surface area (Å²) in [6.45, 7) is 6.28. The van der Waals surface area contributed by atoms with Gasteiger partial charge in [0, 0.05) is 5.69 Å². The van der Waals surface area contributed by atoms with E-state index in [0.29, 0.717) is 0 Å². The Kier molecular flexibility index (Phi) is 3.61. The van der Waals surface area contributed by atoms with E-state index in [1.165, 1.54) is 11.1 Å². The van der Waals surface area contributed by atoms with Crippen LogP contribution in [-0.4, -0.2) is 5.50 Å². The second kappa shape index (κ2) is 4.52. The van der Waals surface area contributed by atoms with Crippen molar-refractivity contribution in [2.24, 2.45) is 0 Å². The van der Waals surface area contributed by atoms with Gasteiger partial charge in [0.2, 0.25) is 0 Å². The summed E-state index contributed by atoms with van der Waals surface area (Å²) in [6, 6.07) is 6.22. The Bertz CT molecular complexity index is 283. The summed E-state index contributed by atoms with van der Waals surface area (Å²) in [7, 11) is 0. The molecule has 0 aliphatic carbocycles. The van der Waals surface area contributed by atoms with E-state index in [0.717, 1.165) is 12.1 Å².